The summed E-state index contributed by atoms with van der Waals surface area (Å²) in [5, 5.41) is 0. The molecule has 1 heterocycles. The van der Waals surface area contributed by atoms with Crippen LogP contribution in [0.15, 0.2) is 51.8 Å². The van der Waals surface area contributed by atoms with Gasteiger partial charge in [-0.1, -0.05) is 24.3 Å². The Morgan fingerprint density at radius 3 is 2.59 bits per heavy atom. The minimum Gasteiger partial charge on any atom is -0.495 e. The van der Waals surface area contributed by atoms with Gasteiger partial charge in [0.05, 0.1) is 7.11 Å². The third-order valence-electron chi connectivity index (χ3n) is 3.10. The Morgan fingerprint density at radius 2 is 1.86 bits per heavy atom. The van der Waals surface area contributed by atoms with Crippen molar-refractivity contribution in [2.45, 2.75) is 11.8 Å². The lowest BCUT2D eigenvalue weighted by atomic mass is 10.2. The molecule has 0 saturated heterocycles. The first-order valence-corrected chi connectivity index (χ1v) is 7.86. The van der Waals surface area contributed by atoms with Crippen LogP contribution in [0.4, 0.5) is 0 Å². The zero-order valence-electron chi connectivity index (χ0n) is 11.9. The van der Waals surface area contributed by atoms with E-state index < -0.39 is 10.1 Å². The lowest BCUT2D eigenvalue weighted by molar-refractivity contribution is 0.371. The zero-order chi connectivity index (χ0) is 15.7. The standard InChI is InChI=1S/C15H13NO5S/c1-10-6-5-9-13(19-2)14(10)22(17,18)21-15-16-11-7-3-4-8-12(11)20-15/h3-9H,1-2H3. The smallest absolute Gasteiger partial charge is 0.411 e. The van der Waals surface area contributed by atoms with E-state index in [1.54, 1.807) is 49.4 Å². The minimum atomic E-state index is -4.12. The number of hydrogen-bond acceptors (Lipinski definition) is 6. The Kier molecular flexibility index (Phi) is 3.50. The molecule has 0 N–H and O–H groups in total. The van der Waals surface area contributed by atoms with Gasteiger partial charge in [-0.25, -0.2) is 0 Å². The van der Waals surface area contributed by atoms with Crippen molar-refractivity contribution in [2.75, 3.05) is 7.11 Å². The number of aryl methyl sites for hydroxylation is 1. The quantitative estimate of drug-likeness (QED) is 0.688. The highest BCUT2D eigenvalue weighted by Crippen LogP contribution is 2.30. The predicted octanol–water partition coefficient (Wildman–Crippen LogP) is 2.91. The van der Waals surface area contributed by atoms with Crippen LogP contribution in [0, 0.1) is 6.92 Å². The molecule has 0 aliphatic carbocycles. The Bertz CT molecular complexity index is 897. The van der Waals surface area contributed by atoms with Crippen molar-refractivity contribution in [1.82, 2.24) is 4.98 Å². The molecule has 3 rings (SSSR count). The third-order valence-corrected chi connectivity index (χ3v) is 4.49. The molecule has 7 heteroatoms. The van der Waals surface area contributed by atoms with Crippen LogP contribution in [0.25, 0.3) is 11.1 Å². The number of ether oxygens (including phenoxy) is 1. The van der Waals surface area contributed by atoms with E-state index in [0.717, 1.165) is 0 Å². The summed E-state index contributed by atoms with van der Waals surface area (Å²) in [5.74, 6) is 0.205. The minimum absolute atomic E-state index is 0.0419. The first-order chi connectivity index (χ1) is 10.5. The molecule has 3 aromatic rings. The average molecular weight is 319 g/mol. The van der Waals surface area contributed by atoms with Crippen molar-refractivity contribution >= 4 is 21.2 Å². The van der Waals surface area contributed by atoms with E-state index >= 15 is 0 Å². The van der Waals surface area contributed by atoms with E-state index in [1.807, 2.05) is 0 Å². The molecule has 2 aromatic carbocycles. The highest BCUT2D eigenvalue weighted by Gasteiger charge is 2.26. The van der Waals surface area contributed by atoms with E-state index in [4.69, 9.17) is 13.3 Å². The fraction of sp³-hybridized carbons (Fsp3) is 0.133. The van der Waals surface area contributed by atoms with Crippen LogP contribution in [0.5, 0.6) is 11.8 Å². The summed E-state index contributed by atoms with van der Waals surface area (Å²) in [6, 6.07) is 11.8. The number of methoxy groups -OCH3 is 1. The number of rotatable bonds is 4. The summed E-state index contributed by atoms with van der Waals surface area (Å²) < 4.78 is 40.3. The molecule has 0 amide bonds. The van der Waals surface area contributed by atoms with Crippen molar-refractivity contribution in [3.8, 4) is 11.8 Å². The molecular formula is C15H13NO5S. The Morgan fingerprint density at radius 1 is 1.09 bits per heavy atom. The van der Waals surface area contributed by atoms with E-state index in [9.17, 15) is 8.42 Å². The van der Waals surface area contributed by atoms with Crippen molar-refractivity contribution < 1.29 is 21.8 Å². The average Bonchev–Trinajstić information content (AvgIpc) is 2.87. The number of aromatic nitrogens is 1. The van der Waals surface area contributed by atoms with Crippen LogP contribution < -0.4 is 8.92 Å². The lowest BCUT2D eigenvalue weighted by Crippen LogP contribution is -2.13. The second-order valence-corrected chi connectivity index (χ2v) is 6.07. The number of fused-ring (bicyclic) bond motifs is 1. The van der Waals surface area contributed by atoms with E-state index in [1.165, 1.54) is 7.11 Å². The van der Waals surface area contributed by atoms with Gasteiger partial charge in [0.25, 0.3) is 0 Å². The summed E-state index contributed by atoms with van der Waals surface area (Å²) in [6.45, 7) is 1.66. The molecule has 0 bridgehead atoms. The molecule has 0 aliphatic rings. The Balaban J connectivity index is 2.04. The van der Waals surface area contributed by atoms with Gasteiger partial charge >= 0.3 is 16.2 Å². The molecule has 0 saturated carbocycles. The van der Waals surface area contributed by atoms with Crippen LogP contribution in [0.2, 0.25) is 0 Å². The van der Waals surface area contributed by atoms with Crippen molar-refractivity contribution in [1.29, 1.82) is 0 Å². The molecule has 0 spiro atoms. The maximum absolute atomic E-state index is 12.5. The Labute approximate surface area is 127 Å². The van der Waals surface area contributed by atoms with E-state index in [0.29, 0.717) is 16.7 Å². The Hall–Kier alpha value is -2.54. The van der Waals surface area contributed by atoms with Gasteiger partial charge in [0.15, 0.2) is 10.5 Å². The molecule has 22 heavy (non-hydrogen) atoms. The first-order valence-electron chi connectivity index (χ1n) is 6.45. The summed E-state index contributed by atoms with van der Waals surface area (Å²) in [4.78, 5) is 3.96. The molecule has 0 atom stereocenters. The fourth-order valence-corrected chi connectivity index (χ4v) is 3.33. The van der Waals surface area contributed by atoms with E-state index in [2.05, 4.69) is 4.98 Å². The summed E-state index contributed by atoms with van der Waals surface area (Å²) in [6.07, 6.45) is -0.327. The number of benzene rings is 2. The van der Waals surface area contributed by atoms with Gasteiger partial charge in [-0.15, -0.1) is 0 Å². The van der Waals surface area contributed by atoms with Gasteiger partial charge in [0, 0.05) is 0 Å². The van der Waals surface area contributed by atoms with Crippen LogP contribution >= 0.6 is 0 Å². The molecule has 1 aromatic heterocycles. The van der Waals surface area contributed by atoms with Crippen molar-refractivity contribution in [3.63, 3.8) is 0 Å². The van der Waals surface area contributed by atoms with Gasteiger partial charge in [-0.05, 0) is 30.7 Å². The van der Waals surface area contributed by atoms with Gasteiger partial charge in [0.1, 0.15) is 11.3 Å². The van der Waals surface area contributed by atoms with Crippen LogP contribution in [-0.2, 0) is 10.1 Å². The van der Waals surface area contributed by atoms with E-state index in [-0.39, 0.29) is 16.7 Å². The van der Waals surface area contributed by atoms with Gasteiger partial charge < -0.3 is 13.3 Å². The maximum Gasteiger partial charge on any atom is 0.411 e. The molecular weight excluding hydrogens is 306 g/mol. The molecule has 0 radical (unpaired) electrons. The highest BCUT2D eigenvalue weighted by molar-refractivity contribution is 7.87. The van der Waals surface area contributed by atoms with Crippen LogP contribution in [-0.4, -0.2) is 20.5 Å². The molecule has 0 aliphatic heterocycles. The molecule has 0 fully saturated rings. The summed E-state index contributed by atoms with van der Waals surface area (Å²) in [5.41, 5.74) is 1.48. The topological polar surface area (TPSA) is 78.6 Å². The molecule has 0 unspecified atom stereocenters. The zero-order valence-corrected chi connectivity index (χ0v) is 12.8. The fourth-order valence-electron chi connectivity index (χ4n) is 2.13. The number of para-hydroxylation sites is 2. The molecule has 6 nitrogen and oxygen atoms in total. The van der Waals surface area contributed by atoms with Crippen molar-refractivity contribution in [2.24, 2.45) is 0 Å². The number of oxazole rings is 1. The lowest BCUT2D eigenvalue weighted by Gasteiger charge is -2.10. The van der Waals surface area contributed by atoms with Crippen LogP contribution in [0.1, 0.15) is 5.56 Å². The largest absolute Gasteiger partial charge is 0.495 e. The maximum atomic E-state index is 12.5. The number of hydrogen-bond donors (Lipinski definition) is 0. The van der Waals surface area contributed by atoms with Gasteiger partial charge in [-0.2, -0.15) is 13.4 Å². The summed E-state index contributed by atoms with van der Waals surface area (Å²) in [7, 11) is -2.72. The first kappa shape index (κ1) is 14.4. The second kappa shape index (κ2) is 5.34. The normalized spacial score (nSPS) is 11.5. The summed E-state index contributed by atoms with van der Waals surface area (Å²) >= 11 is 0. The van der Waals surface area contributed by atoms with Crippen LogP contribution in [0.3, 0.4) is 0 Å². The van der Waals surface area contributed by atoms with Gasteiger partial charge in [-0.3, -0.25) is 0 Å². The molecule has 114 valence electrons. The number of nitrogens with zero attached hydrogens (tertiary/aromatic N) is 1. The van der Waals surface area contributed by atoms with Crippen molar-refractivity contribution in [3.05, 3.63) is 48.0 Å². The van der Waals surface area contributed by atoms with Gasteiger partial charge in [0.2, 0.25) is 0 Å². The SMILES string of the molecule is COc1cccc(C)c1S(=O)(=O)Oc1nc2ccccc2o1. The monoisotopic (exact) mass is 319 g/mol. The highest BCUT2D eigenvalue weighted by atomic mass is 32.2. The third kappa shape index (κ3) is 2.50. The second-order valence-electron chi connectivity index (χ2n) is 4.59. The predicted molar refractivity (Wildman–Crippen MR) is 79.6 cm³/mol.